The third kappa shape index (κ3) is 2.94. The van der Waals surface area contributed by atoms with Crippen molar-refractivity contribution < 1.29 is 4.79 Å². The maximum Gasteiger partial charge on any atom is 0.240 e. The summed E-state index contributed by atoms with van der Waals surface area (Å²) >= 11 is 5.78. The van der Waals surface area contributed by atoms with Crippen molar-refractivity contribution in [3.05, 3.63) is 29.3 Å². The van der Waals surface area contributed by atoms with E-state index < -0.39 is 0 Å². The molecule has 1 rings (SSSR count). The van der Waals surface area contributed by atoms with Crippen LogP contribution in [-0.2, 0) is 4.79 Å². The first kappa shape index (κ1) is 12.0. The standard InChI is InChI=1S/C11H15ClN2O/c1-8(2)14(11(15)7-13)10-5-3-9(12)4-6-10/h3-6,8H,7,13H2,1-2H3. The Labute approximate surface area is 94.8 Å². The van der Waals surface area contributed by atoms with Gasteiger partial charge in [-0.05, 0) is 38.1 Å². The minimum absolute atomic E-state index is 0.0147. The molecule has 0 bridgehead atoms. The van der Waals surface area contributed by atoms with Crippen molar-refractivity contribution in [3.8, 4) is 0 Å². The fourth-order valence-corrected chi connectivity index (χ4v) is 1.56. The van der Waals surface area contributed by atoms with Gasteiger partial charge in [0.1, 0.15) is 0 Å². The number of nitrogens with zero attached hydrogens (tertiary/aromatic N) is 1. The summed E-state index contributed by atoms with van der Waals surface area (Å²) in [6.07, 6.45) is 0. The van der Waals surface area contributed by atoms with Crippen molar-refractivity contribution in [3.63, 3.8) is 0 Å². The molecule has 0 fully saturated rings. The van der Waals surface area contributed by atoms with Crippen molar-refractivity contribution in [1.82, 2.24) is 0 Å². The van der Waals surface area contributed by atoms with Gasteiger partial charge in [0, 0.05) is 16.8 Å². The molecule has 2 N–H and O–H groups in total. The van der Waals surface area contributed by atoms with Crippen LogP contribution in [0.5, 0.6) is 0 Å². The maximum atomic E-state index is 11.6. The molecule has 0 spiro atoms. The number of nitrogens with two attached hydrogens (primary N) is 1. The second kappa shape index (κ2) is 5.14. The van der Waals surface area contributed by atoms with E-state index in [4.69, 9.17) is 17.3 Å². The van der Waals surface area contributed by atoms with Crippen molar-refractivity contribution in [2.45, 2.75) is 19.9 Å². The molecule has 0 unspecified atom stereocenters. The van der Waals surface area contributed by atoms with Crippen LogP contribution in [0.4, 0.5) is 5.69 Å². The molecule has 82 valence electrons. The fraction of sp³-hybridized carbons (Fsp3) is 0.364. The van der Waals surface area contributed by atoms with Gasteiger partial charge in [-0.3, -0.25) is 4.79 Å². The quantitative estimate of drug-likeness (QED) is 0.858. The van der Waals surface area contributed by atoms with Crippen LogP contribution in [0.2, 0.25) is 5.02 Å². The Morgan fingerprint density at radius 1 is 1.40 bits per heavy atom. The van der Waals surface area contributed by atoms with Crippen LogP contribution in [0.3, 0.4) is 0 Å². The van der Waals surface area contributed by atoms with Crippen LogP contribution in [0, 0.1) is 0 Å². The SMILES string of the molecule is CC(C)N(C(=O)CN)c1ccc(Cl)cc1. The maximum absolute atomic E-state index is 11.6. The molecule has 0 aromatic heterocycles. The smallest absolute Gasteiger partial charge is 0.240 e. The lowest BCUT2D eigenvalue weighted by Gasteiger charge is -2.26. The van der Waals surface area contributed by atoms with E-state index in [0.717, 1.165) is 5.69 Å². The molecule has 0 heterocycles. The summed E-state index contributed by atoms with van der Waals surface area (Å²) in [6.45, 7) is 3.91. The average molecular weight is 227 g/mol. The highest BCUT2D eigenvalue weighted by Crippen LogP contribution is 2.19. The first-order valence-electron chi connectivity index (χ1n) is 4.84. The molecule has 1 aromatic carbocycles. The van der Waals surface area contributed by atoms with Gasteiger partial charge in [-0.2, -0.15) is 0 Å². The van der Waals surface area contributed by atoms with Gasteiger partial charge in [-0.1, -0.05) is 11.6 Å². The minimum Gasteiger partial charge on any atom is -0.322 e. The molecule has 15 heavy (non-hydrogen) atoms. The van der Waals surface area contributed by atoms with Gasteiger partial charge in [0.25, 0.3) is 0 Å². The zero-order valence-corrected chi connectivity index (χ0v) is 9.66. The van der Waals surface area contributed by atoms with Crippen LogP contribution in [-0.4, -0.2) is 18.5 Å². The van der Waals surface area contributed by atoms with Crippen molar-refractivity contribution in [2.24, 2.45) is 5.73 Å². The van der Waals surface area contributed by atoms with Gasteiger partial charge in [0.15, 0.2) is 0 Å². The number of benzene rings is 1. The Balaban J connectivity index is 2.99. The highest BCUT2D eigenvalue weighted by molar-refractivity contribution is 6.30. The Kier molecular flexibility index (Phi) is 4.12. The van der Waals surface area contributed by atoms with E-state index in [1.165, 1.54) is 0 Å². The van der Waals surface area contributed by atoms with Gasteiger partial charge < -0.3 is 10.6 Å². The van der Waals surface area contributed by atoms with Crippen LogP contribution < -0.4 is 10.6 Å². The van der Waals surface area contributed by atoms with Gasteiger partial charge in [-0.15, -0.1) is 0 Å². The fourth-order valence-electron chi connectivity index (χ4n) is 1.43. The molecule has 1 amide bonds. The molecule has 0 saturated carbocycles. The summed E-state index contributed by atoms with van der Waals surface area (Å²) in [4.78, 5) is 13.3. The minimum atomic E-state index is -0.0904. The van der Waals surface area contributed by atoms with E-state index in [-0.39, 0.29) is 18.5 Å². The number of rotatable bonds is 3. The van der Waals surface area contributed by atoms with E-state index in [1.54, 1.807) is 17.0 Å². The number of hydrogen-bond donors (Lipinski definition) is 1. The second-order valence-corrected chi connectivity index (χ2v) is 3.97. The predicted octanol–water partition coefficient (Wildman–Crippen LogP) is 2.04. The van der Waals surface area contributed by atoms with Crippen molar-refractivity contribution >= 4 is 23.2 Å². The molecular weight excluding hydrogens is 212 g/mol. The third-order valence-corrected chi connectivity index (χ3v) is 2.32. The molecule has 0 aliphatic rings. The van der Waals surface area contributed by atoms with Crippen molar-refractivity contribution in [1.29, 1.82) is 0 Å². The zero-order chi connectivity index (χ0) is 11.4. The summed E-state index contributed by atoms with van der Waals surface area (Å²) in [7, 11) is 0. The van der Waals surface area contributed by atoms with E-state index in [0.29, 0.717) is 5.02 Å². The van der Waals surface area contributed by atoms with Crippen LogP contribution in [0.1, 0.15) is 13.8 Å². The molecular formula is C11H15ClN2O. The average Bonchev–Trinajstić information content (AvgIpc) is 2.20. The first-order chi connectivity index (χ1) is 7.06. The molecule has 0 radical (unpaired) electrons. The number of hydrogen-bond acceptors (Lipinski definition) is 2. The Morgan fingerprint density at radius 2 is 1.93 bits per heavy atom. The molecule has 0 aliphatic carbocycles. The van der Waals surface area contributed by atoms with E-state index in [9.17, 15) is 4.79 Å². The summed E-state index contributed by atoms with van der Waals surface area (Å²) in [6, 6.07) is 7.24. The Hall–Kier alpha value is -1.06. The van der Waals surface area contributed by atoms with Gasteiger partial charge >= 0.3 is 0 Å². The van der Waals surface area contributed by atoms with E-state index >= 15 is 0 Å². The summed E-state index contributed by atoms with van der Waals surface area (Å²) in [5.41, 5.74) is 6.18. The second-order valence-electron chi connectivity index (χ2n) is 3.54. The van der Waals surface area contributed by atoms with E-state index in [2.05, 4.69) is 0 Å². The topological polar surface area (TPSA) is 46.3 Å². The Bertz CT molecular complexity index is 335. The first-order valence-corrected chi connectivity index (χ1v) is 5.21. The normalized spacial score (nSPS) is 10.5. The van der Waals surface area contributed by atoms with E-state index in [1.807, 2.05) is 26.0 Å². The number of carbonyl (C=O) groups excluding carboxylic acids is 1. The highest BCUT2D eigenvalue weighted by Gasteiger charge is 2.16. The van der Waals surface area contributed by atoms with Gasteiger partial charge in [-0.25, -0.2) is 0 Å². The van der Waals surface area contributed by atoms with Crippen LogP contribution in [0.15, 0.2) is 24.3 Å². The van der Waals surface area contributed by atoms with Crippen molar-refractivity contribution in [2.75, 3.05) is 11.4 Å². The predicted molar refractivity (Wildman–Crippen MR) is 63.1 cm³/mol. The number of carbonyl (C=O) groups is 1. The van der Waals surface area contributed by atoms with Gasteiger partial charge in [0.2, 0.25) is 5.91 Å². The largest absolute Gasteiger partial charge is 0.322 e. The lowest BCUT2D eigenvalue weighted by atomic mass is 10.2. The lowest BCUT2D eigenvalue weighted by Crippen LogP contribution is -2.40. The monoisotopic (exact) mass is 226 g/mol. The third-order valence-electron chi connectivity index (χ3n) is 2.06. The van der Waals surface area contributed by atoms with Crippen LogP contribution in [0.25, 0.3) is 0 Å². The van der Waals surface area contributed by atoms with Gasteiger partial charge in [0.05, 0.1) is 6.54 Å². The molecule has 0 atom stereocenters. The summed E-state index contributed by atoms with van der Waals surface area (Å²) in [5, 5.41) is 0.655. The molecule has 0 saturated heterocycles. The Morgan fingerprint density at radius 3 is 2.33 bits per heavy atom. The summed E-state index contributed by atoms with van der Waals surface area (Å²) < 4.78 is 0. The zero-order valence-electron chi connectivity index (χ0n) is 8.90. The summed E-state index contributed by atoms with van der Waals surface area (Å²) in [5.74, 6) is -0.0904. The molecule has 0 aliphatic heterocycles. The number of anilines is 1. The number of halogens is 1. The number of amides is 1. The molecule has 1 aromatic rings. The molecule has 3 nitrogen and oxygen atoms in total. The highest BCUT2D eigenvalue weighted by atomic mass is 35.5. The lowest BCUT2D eigenvalue weighted by molar-refractivity contribution is -0.117. The van der Waals surface area contributed by atoms with Crippen LogP contribution >= 0.6 is 11.6 Å². The molecule has 4 heteroatoms.